The number of aldehydes is 1. The van der Waals surface area contributed by atoms with E-state index in [2.05, 4.69) is 46.5 Å². The van der Waals surface area contributed by atoms with Crippen molar-refractivity contribution < 1.29 is 67.2 Å². The molecule has 4 atom stereocenters. The number of carboxylic acids is 1. The maximum absolute atomic E-state index is 14.6. The number of carboxylic acid groups (broad SMARTS) is 1. The van der Waals surface area contributed by atoms with Crippen LogP contribution in [-0.2, 0) is 54.3 Å². The van der Waals surface area contributed by atoms with Crippen LogP contribution >= 0.6 is 53.3 Å². The minimum Gasteiger partial charge on any atom is -0.492 e. The van der Waals surface area contributed by atoms with Crippen molar-refractivity contribution in [2.45, 2.75) is 57.5 Å². The van der Waals surface area contributed by atoms with Gasteiger partial charge in [-0.1, -0.05) is 308 Å². The molecule has 13 aromatic carbocycles. The Morgan fingerprint density at radius 1 is 0.489 bits per heavy atom. The Kier molecular flexibility index (Phi) is 42.2. The van der Waals surface area contributed by atoms with Crippen molar-refractivity contribution in [2.24, 2.45) is 29.0 Å². The lowest BCUT2D eigenvalue weighted by molar-refractivity contribution is -0.143. The first-order valence-corrected chi connectivity index (χ1v) is 48.0. The number of ether oxygens (including phenoxy) is 4. The zero-order valence-corrected chi connectivity index (χ0v) is 81.1. The molecular weight excluding hydrogens is 1850 g/mol. The topological polar surface area (TPSA) is 328 Å². The number of benzene rings is 13. The molecule has 1 aliphatic heterocycles. The number of allylic oxidation sites excluding steroid dienone is 1. The van der Waals surface area contributed by atoms with Gasteiger partial charge in [-0.25, -0.2) is 14.4 Å². The minimum atomic E-state index is -2.23. The third-order valence-electron chi connectivity index (χ3n) is 22.3. The summed E-state index contributed by atoms with van der Waals surface area (Å²) in [4.78, 5) is 115. The van der Waals surface area contributed by atoms with Crippen molar-refractivity contribution in [2.75, 3.05) is 54.1 Å². The molecule has 20 nitrogen and oxygen atoms in total. The molecule has 0 radical (unpaired) electrons. The Balaban J connectivity index is 0.000000210. The summed E-state index contributed by atoms with van der Waals surface area (Å²) in [5.41, 5.74) is 31.6. The largest absolute Gasteiger partial charge is 0.492 e. The van der Waals surface area contributed by atoms with Crippen LogP contribution in [0.5, 0.6) is 11.5 Å². The normalized spacial score (nSPS) is 13.5. The molecule has 4 bridgehead atoms. The van der Waals surface area contributed by atoms with Crippen molar-refractivity contribution in [1.82, 2.24) is 10.2 Å². The average molecular weight is 1960 g/mol. The highest BCUT2D eigenvalue weighted by Gasteiger charge is 2.37. The van der Waals surface area contributed by atoms with Crippen LogP contribution in [-0.4, -0.2) is 129 Å². The van der Waals surface area contributed by atoms with Gasteiger partial charge in [0.2, 0.25) is 11.8 Å². The summed E-state index contributed by atoms with van der Waals surface area (Å²) >= 11 is 23.5. The molecular formula is C114H107Cl4N6O14P. The number of methoxy groups -OCH3 is 2. The fraction of sp³-hybridized carbons (Fsp3) is 0.167. The molecule has 8 N–H and O–H groups in total. The second-order valence-electron chi connectivity index (χ2n) is 32.0. The predicted molar refractivity (Wildman–Crippen MR) is 560 cm³/mol. The summed E-state index contributed by atoms with van der Waals surface area (Å²) < 4.78 is 21.8. The van der Waals surface area contributed by atoms with Crippen LogP contribution in [0.3, 0.4) is 0 Å². The average Bonchev–Trinajstić information content (AvgIpc) is 0.751. The van der Waals surface area contributed by atoms with Crippen LogP contribution in [0.25, 0.3) is 73.9 Å². The van der Waals surface area contributed by atoms with Crippen molar-refractivity contribution >= 4 is 147 Å². The summed E-state index contributed by atoms with van der Waals surface area (Å²) in [6.07, 6.45) is 9.49. The van der Waals surface area contributed by atoms with E-state index in [1.165, 1.54) is 38.3 Å². The molecule has 0 spiro atoms. The van der Waals surface area contributed by atoms with Crippen LogP contribution in [0.15, 0.2) is 340 Å². The molecule has 139 heavy (non-hydrogen) atoms. The lowest BCUT2D eigenvalue weighted by Crippen LogP contribution is -2.45. The fourth-order valence-electron chi connectivity index (χ4n) is 15.1. The van der Waals surface area contributed by atoms with Crippen molar-refractivity contribution in [3.63, 3.8) is 0 Å². The summed E-state index contributed by atoms with van der Waals surface area (Å²) in [6, 6.07) is 102. The van der Waals surface area contributed by atoms with Crippen LogP contribution in [0.2, 0.25) is 20.1 Å². The number of amides is 2. The maximum atomic E-state index is 14.6. The van der Waals surface area contributed by atoms with E-state index < -0.39 is 54.4 Å². The molecule has 14 rings (SSSR count). The summed E-state index contributed by atoms with van der Waals surface area (Å²) in [5.74, 6) is -2.85. The van der Waals surface area contributed by atoms with Crippen LogP contribution in [0.1, 0.15) is 83.2 Å². The van der Waals surface area contributed by atoms with Crippen LogP contribution in [0.4, 0.5) is 0 Å². The van der Waals surface area contributed by atoms with Crippen molar-refractivity contribution in [3.8, 4) is 73.2 Å². The van der Waals surface area contributed by atoms with Gasteiger partial charge in [-0.05, 0) is 206 Å². The second-order valence-corrected chi connectivity index (χ2v) is 37.0. The molecule has 0 unspecified atom stereocenters. The number of esters is 2. The summed E-state index contributed by atoms with van der Waals surface area (Å²) in [6.45, 7) is 0.254. The number of carbonyl (C=O) groups excluding carboxylic acids is 8. The van der Waals surface area contributed by atoms with Crippen LogP contribution < -0.4 is 47.9 Å². The number of likely N-dealkylation sites (N-methyl/N-ethyl adjacent to an activating group) is 1. The highest BCUT2D eigenvalue weighted by Crippen LogP contribution is 2.45. The molecule has 0 aromatic heterocycles. The SMILES string of the molecule is COC(=O)/C=C/c1ccc(-c2ccc(Cl)cc2)cc1.COC(=O)C=P(c1ccccc1)(c1ccccc1)c1ccccc1.C[C@@H]1CC(=O)[C@@H](N(C)C(=O)[C@H](CCN)CC(=O)/C=C/c2ccc(-c3ccc(Cl)cc3)cc2)c2ccc(OCCN)c(c2)-c2cc(ccc2OCCN)C[C@@H](C(=O)CCC#N)NC1=O.O=C(O)/C=C/c1ccc(-c2ccc(Cl)cc2)cc1.O=Cc1ccc(-c2ccc(Cl)cc2)cc1. The molecule has 0 saturated carbocycles. The number of fused-ring (bicyclic) bond motifs is 5. The first-order chi connectivity index (χ1) is 67.3. The molecule has 0 aliphatic carbocycles. The third-order valence-corrected chi connectivity index (χ3v) is 27.3. The van der Waals surface area contributed by atoms with Gasteiger partial charge in [-0.3, -0.25) is 28.8 Å². The Bertz CT molecular complexity index is 6390. The zero-order valence-electron chi connectivity index (χ0n) is 77.1. The fourth-order valence-corrected chi connectivity index (χ4v) is 19.3. The number of ketones is 3. The number of rotatable bonds is 30. The molecule has 710 valence electrons. The number of hydrogen-bond acceptors (Lipinski definition) is 17. The molecule has 13 aromatic rings. The van der Waals surface area contributed by atoms with E-state index in [-0.39, 0.29) is 94.9 Å². The number of hydrogen-bond donors (Lipinski definition) is 5. The lowest BCUT2D eigenvalue weighted by atomic mass is 9.88. The lowest BCUT2D eigenvalue weighted by Gasteiger charge is -2.32. The van der Waals surface area contributed by atoms with Crippen molar-refractivity contribution in [3.05, 3.63) is 393 Å². The predicted octanol–water partition coefficient (Wildman–Crippen LogP) is 21.1. The highest BCUT2D eigenvalue weighted by atomic mass is 35.5. The van der Waals surface area contributed by atoms with Gasteiger partial charge in [0, 0.05) is 112 Å². The third kappa shape index (κ3) is 32.1. The van der Waals surface area contributed by atoms with Gasteiger partial charge in [-0.15, -0.1) is 0 Å². The second kappa shape index (κ2) is 55.1. The number of nitrogens with one attached hydrogen (secondary N) is 1. The first-order valence-electron chi connectivity index (χ1n) is 44.7. The van der Waals surface area contributed by atoms with Gasteiger partial charge in [0.05, 0.1) is 26.3 Å². The number of halogens is 4. The summed E-state index contributed by atoms with van der Waals surface area (Å²) in [7, 11) is 4.29. The molecule has 1 aliphatic rings. The van der Waals surface area contributed by atoms with E-state index in [0.29, 0.717) is 49.4 Å². The molecule has 2 amide bonds. The highest BCUT2D eigenvalue weighted by molar-refractivity contribution is 7.95. The van der Waals surface area contributed by atoms with Gasteiger partial charge in [0.25, 0.3) is 0 Å². The summed E-state index contributed by atoms with van der Waals surface area (Å²) in [5, 5.41) is 26.8. The minimum absolute atomic E-state index is 0.0281. The number of nitrogens with two attached hydrogens (primary N) is 3. The van der Waals surface area contributed by atoms with E-state index in [1.54, 1.807) is 73.4 Å². The maximum Gasteiger partial charge on any atom is 0.331 e. The molecule has 0 fully saturated rings. The number of nitriles is 1. The Morgan fingerprint density at radius 2 is 0.871 bits per heavy atom. The Labute approximate surface area is 830 Å². The molecule has 1 heterocycles. The van der Waals surface area contributed by atoms with Gasteiger partial charge < -0.3 is 51.5 Å². The smallest absolute Gasteiger partial charge is 0.331 e. The van der Waals surface area contributed by atoms with Gasteiger partial charge in [0.15, 0.2) is 17.3 Å². The van der Waals surface area contributed by atoms with Gasteiger partial charge >= 0.3 is 17.9 Å². The van der Waals surface area contributed by atoms with Crippen molar-refractivity contribution in [1.29, 1.82) is 5.26 Å². The Hall–Kier alpha value is -14.5. The van der Waals surface area contributed by atoms with E-state index in [4.69, 9.17) is 82.9 Å². The number of aliphatic carboxylic acids is 1. The van der Waals surface area contributed by atoms with E-state index in [1.807, 2.05) is 249 Å². The van der Waals surface area contributed by atoms with E-state index in [0.717, 1.165) is 99.5 Å². The molecule has 25 heteroatoms. The quantitative estimate of drug-likeness (QED) is 0.0121. The first kappa shape index (κ1) is 107. The van der Waals surface area contributed by atoms with Gasteiger partial charge in [-0.2, -0.15) is 5.26 Å². The van der Waals surface area contributed by atoms with E-state index >= 15 is 0 Å². The standard InChI is InChI=1S/C49H55ClN6O7.C21H19O2P.C16H13ClO2.C15H11ClO2.C13H9ClO/c1-31-26-44(59)47(56(2)49(61)37(19-21-52)29-39(57)16-7-32-5-9-34(10-6-32)35-11-14-38(50)15-12-35)36-13-18-46(63-25-23-54)41(30-36)40-27-33(8-17-45(40)62-24-22-53)28-42(55-48(31)60)43(58)4-3-20-51;1-23-21(22)17-24(18-11-5-2-6-12-18,19-13-7-3-8-14-19)20-15-9-4-10-16-20;1-19-16(18)11-4-12-2-5-13(6-3-12)14-7-9-15(17)10-8-14;16-14-8-6-13(7-9-14)12-4-1-11(2-5-12)3-10-15(17)18;14-13-7-5-12(6-8-13)11-3-1-10(9-15)2-4-11/h5-18,27,30-31,37,42,47H,3-4,19,21-26,28-29,52-54H2,1-2H3,(H,55,60);2-17H,1H3;2-11H,1H3;1-10H,(H,17,18);1-9H/b16-7+;;11-4+;10-3+;/t31-,37-,42+,47+;;;;/m1..../s1. The van der Waals surface area contributed by atoms with Crippen LogP contribution in [0, 0.1) is 23.2 Å². The number of carbonyl (C=O) groups is 9. The number of Topliss-reactive ketones (excluding diaryl/α,β-unsaturated/α-hetero) is 2. The Morgan fingerprint density at radius 3 is 1.25 bits per heavy atom. The zero-order chi connectivity index (χ0) is 99.6. The number of nitrogens with zero attached hydrogens (tertiary/aromatic N) is 2. The monoisotopic (exact) mass is 1950 g/mol. The van der Waals surface area contributed by atoms with E-state index in [9.17, 15) is 48.4 Å². The molecule has 0 saturated heterocycles. The van der Waals surface area contributed by atoms with Gasteiger partial charge in [0.1, 0.15) is 37.0 Å².